The molecule has 0 saturated carbocycles. The monoisotopic (exact) mass is 559 g/mol. The van der Waals surface area contributed by atoms with Gasteiger partial charge in [0.1, 0.15) is 11.6 Å². The summed E-state index contributed by atoms with van der Waals surface area (Å²) in [6, 6.07) is 11.2. The Labute approximate surface area is 236 Å². The van der Waals surface area contributed by atoms with Crippen molar-refractivity contribution in [2.24, 2.45) is 5.92 Å². The average molecular weight is 560 g/mol. The molecule has 4 rings (SSSR count). The zero-order valence-electron chi connectivity index (χ0n) is 23.4. The minimum absolute atomic E-state index is 0.0247. The summed E-state index contributed by atoms with van der Waals surface area (Å²) in [6.07, 6.45) is 2.67. The number of hydrogen-bond acceptors (Lipinski definition) is 3. The Hall–Kier alpha value is -2.51. The highest BCUT2D eigenvalue weighted by Crippen LogP contribution is 2.39. The van der Waals surface area contributed by atoms with Crippen molar-refractivity contribution in [1.29, 1.82) is 0 Å². The van der Waals surface area contributed by atoms with E-state index in [0.29, 0.717) is 49.7 Å². The van der Waals surface area contributed by atoms with Gasteiger partial charge in [-0.15, -0.1) is 0 Å². The molecule has 0 spiro atoms. The SMILES string of the molecule is CCCC(=O)N1CCN(C(=O)C2CN(C(C)(C)C)CC2c2ccc(F)cc2F)CCCC1c1ccc(Cl)cc1. The fraction of sp³-hybridized carbons (Fsp3) is 0.548. The molecule has 2 aromatic rings. The van der Waals surface area contributed by atoms with Crippen molar-refractivity contribution in [3.8, 4) is 0 Å². The summed E-state index contributed by atoms with van der Waals surface area (Å²) >= 11 is 6.12. The number of hydrogen-bond donors (Lipinski definition) is 0. The first-order valence-corrected chi connectivity index (χ1v) is 14.4. The first-order chi connectivity index (χ1) is 18.5. The molecule has 8 heteroatoms. The highest BCUT2D eigenvalue weighted by molar-refractivity contribution is 6.30. The van der Waals surface area contributed by atoms with Gasteiger partial charge in [-0.05, 0) is 69.4 Å². The van der Waals surface area contributed by atoms with Crippen LogP contribution < -0.4 is 0 Å². The van der Waals surface area contributed by atoms with Crippen molar-refractivity contribution >= 4 is 23.4 Å². The fourth-order valence-electron chi connectivity index (χ4n) is 5.99. The predicted octanol–water partition coefficient (Wildman–Crippen LogP) is 6.42. The molecule has 39 heavy (non-hydrogen) atoms. The topological polar surface area (TPSA) is 43.9 Å². The van der Waals surface area contributed by atoms with Gasteiger partial charge in [0.25, 0.3) is 0 Å². The molecular formula is C31H40ClF2N3O2. The van der Waals surface area contributed by atoms with Crippen molar-refractivity contribution in [3.05, 3.63) is 70.2 Å². The zero-order valence-corrected chi connectivity index (χ0v) is 24.2. The van der Waals surface area contributed by atoms with Crippen molar-refractivity contribution < 1.29 is 18.4 Å². The number of nitrogens with zero attached hydrogens (tertiary/aromatic N) is 3. The van der Waals surface area contributed by atoms with Crippen LogP contribution in [0.4, 0.5) is 8.78 Å². The summed E-state index contributed by atoms with van der Waals surface area (Å²) in [7, 11) is 0. The maximum absolute atomic E-state index is 14.9. The summed E-state index contributed by atoms with van der Waals surface area (Å²) in [4.78, 5) is 33.3. The van der Waals surface area contributed by atoms with Crippen molar-refractivity contribution in [1.82, 2.24) is 14.7 Å². The molecule has 2 aliphatic rings. The standard InChI is InChI=1S/C31H40ClF2N3O2/c1-5-7-29(38)37-17-16-35(15-6-8-28(37)21-9-11-22(32)12-10-21)30(39)26-20-36(31(2,3)4)19-25(26)24-14-13-23(33)18-27(24)34/h9-14,18,25-26,28H,5-8,15-17,19-20H2,1-4H3. The maximum Gasteiger partial charge on any atom is 0.227 e. The van der Waals surface area contributed by atoms with E-state index in [4.69, 9.17) is 11.6 Å². The molecule has 0 aromatic heterocycles. The molecule has 2 aromatic carbocycles. The lowest BCUT2D eigenvalue weighted by molar-refractivity contribution is -0.140. The van der Waals surface area contributed by atoms with Crippen molar-refractivity contribution in [2.45, 2.75) is 70.9 Å². The van der Waals surface area contributed by atoms with E-state index in [1.165, 1.54) is 12.1 Å². The first kappa shape index (κ1) is 29.5. The Morgan fingerprint density at radius 2 is 1.72 bits per heavy atom. The van der Waals surface area contributed by atoms with Crippen molar-refractivity contribution in [2.75, 3.05) is 32.7 Å². The predicted molar refractivity (Wildman–Crippen MR) is 151 cm³/mol. The molecular weight excluding hydrogens is 520 g/mol. The highest BCUT2D eigenvalue weighted by Gasteiger charge is 2.44. The molecule has 0 aliphatic carbocycles. The van der Waals surface area contributed by atoms with Gasteiger partial charge in [0, 0.05) is 61.7 Å². The van der Waals surface area contributed by atoms with Gasteiger partial charge >= 0.3 is 0 Å². The van der Waals surface area contributed by atoms with E-state index >= 15 is 0 Å². The summed E-state index contributed by atoms with van der Waals surface area (Å²) < 4.78 is 28.6. The Morgan fingerprint density at radius 1 is 1.00 bits per heavy atom. The second-order valence-electron chi connectivity index (χ2n) is 11.8. The lowest BCUT2D eigenvalue weighted by atomic mass is 9.87. The molecule has 3 atom stereocenters. The van der Waals surface area contributed by atoms with E-state index < -0.39 is 17.6 Å². The Bertz CT molecular complexity index is 1170. The molecule has 0 radical (unpaired) electrons. The third-order valence-electron chi connectivity index (χ3n) is 8.19. The maximum atomic E-state index is 14.9. The molecule has 2 heterocycles. The van der Waals surface area contributed by atoms with Gasteiger partial charge in [0.05, 0.1) is 12.0 Å². The summed E-state index contributed by atoms with van der Waals surface area (Å²) in [5.41, 5.74) is 1.23. The number of benzene rings is 2. The normalized spacial score (nSPS) is 23.0. The van der Waals surface area contributed by atoms with Gasteiger partial charge in [0.2, 0.25) is 11.8 Å². The molecule has 2 fully saturated rings. The molecule has 0 bridgehead atoms. The zero-order chi connectivity index (χ0) is 28.3. The molecule has 0 N–H and O–H groups in total. The van der Waals surface area contributed by atoms with Gasteiger partial charge < -0.3 is 9.80 Å². The van der Waals surface area contributed by atoms with E-state index in [9.17, 15) is 18.4 Å². The third kappa shape index (κ3) is 6.80. The van der Waals surface area contributed by atoms with E-state index in [0.717, 1.165) is 30.9 Å². The number of likely N-dealkylation sites (tertiary alicyclic amines) is 1. The van der Waals surface area contributed by atoms with Gasteiger partial charge in [-0.2, -0.15) is 0 Å². The minimum atomic E-state index is -0.624. The summed E-state index contributed by atoms with van der Waals surface area (Å²) in [6.45, 7) is 10.7. The smallest absolute Gasteiger partial charge is 0.227 e. The summed E-state index contributed by atoms with van der Waals surface area (Å²) in [5, 5.41) is 0.654. The first-order valence-electron chi connectivity index (χ1n) is 14.0. The third-order valence-corrected chi connectivity index (χ3v) is 8.44. The number of carbonyl (C=O) groups excluding carboxylic acids is 2. The Kier molecular flexibility index (Phi) is 9.33. The minimum Gasteiger partial charge on any atom is -0.341 e. The molecule has 212 valence electrons. The van der Waals surface area contributed by atoms with Gasteiger partial charge in [-0.25, -0.2) is 8.78 Å². The van der Waals surface area contributed by atoms with Gasteiger partial charge in [-0.1, -0.05) is 36.7 Å². The van der Waals surface area contributed by atoms with Crippen LogP contribution in [0.1, 0.15) is 76.5 Å². The Balaban J connectivity index is 1.58. The number of amides is 2. The lowest BCUT2D eigenvalue weighted by Gasteiger charge is -2.38. The van der Waals surface area contributed by atoms with E-state index in [2.05, 4.69) is 25.7 Å². The van der Waals surface area contributed by atoms with Gasteiger partial charge in [0.15, 0.2) is 0 Å². The van der Waals surface area contributed by atoms with Crippen LogP contribution >= 0.6 is 11.6 Å². The van der Waals surface area contributed by atoms with Crippen LogP contribution in [0, 0.1) is 17.6 Å². The Morgan fingerprint density at radius 3 is 2.36 bits per heavy atom. The molecule has 2 aliphatic heterocycles. The summed E-state index contributed by atoms with van der Waals surface area (Å²) in [5.74, 6) is -2.00. The quantitative estimate of drug-likeness (QED) is 0.424. The largest absolute Gasteiger partial charge is 0.341 e. The second-order valence-corrected chi connectivity index (χ2v) is 12.3. The number of halogens is 3. The molecule has 2 saturated heterocycles. The van der Waals surface area contributed by atoms with Crippen LogP contribution in [0.25, 0.3) is 0 Å². The van der Waals surface area contributed by atoms with Crippen LogP contribution in [0.2, 0.25) is 5.02 Å². The van der Waals surface area contributed by atoms with Crippen LogP contribution in [0.5, 0.6) is 0 Å². The molecule has 2 amide bonds. The van der Waals surface area contributed by atoms with Crippen LogP contribution in [-0.4, -0.2) is 64.8 Å². The van der Waals surface area contributed by atoms with Crippen molar-refractivity contribution in [3.63, 3.8) is 0 Å². The van der Waals surface area contributed by atoms with Crippen LogP contribution in [0.15, 0.2) is 42.5 Å². The molecule has 5 nitrogen and oxygen atoms in total. The van der Waals surface area contributed by atoms with Crippen LogP contribution in [0.3, 0.4) is 0 Å². The highest BCUT2D eigenvalue weighted by atomic mass is 35.5. The van der Waals surface area contributed by atoms with E-state index in [1.54, 1.807) is 0 Å². The average Bonchev–Trinajstić information content (AvgIpc) is 3.30. The van der Waals surface area contributed by atoms with Gasteiger partial charge in [-0.3, -0.25) is 14.5 Å². The van der Waals surface area contributed by atoms with Crippen LogP contribution in [-0.2, 0) is 9.59 Å². The number of rotatable bonds is 5. The fourth-order valence-corrected chi connectivity index (χ4v) is 6.11. The van der Waals surface area contributed by atoms with E-state index in [-0.39, 0.29) is 29.3 Å². The lowest BCUT2D eigenvalue weighted by Crippen LogP contribution is -2.48. The van der Waals surface area contributed by atoms with E-state index in [1.807, 2.05) is 41.0 Å². The number of carbonyl (C=O) groups is 2. The molecule has 3 unspecified atom stereocenters. The second kappa shape index (κ2) is 12.3.